The Hall–Kier alpha value is -2.11. The maximum absolute atomic E-state index is 12.5. The molecule has 2 aromatic heterocycles. The van der Waals surface area contributed by atoms with E-state index in [1.807, 2.05) is 6.20 Å². The van der Waals surface area contributed by atoms with Crippen LogP contribution < -0.4 is 5.32 Å². The Bertz CT molecular complexity index is 639. The lowest BCUT2D eigenvalue weighted by atomic mass is 9.85. The molecule has 0 aliphatic heterocycles. The zero-order chi connectivity index (χ0) is 16.1. The van der Waals surface area contributed by atoms with Gasteiger partial charge in [-0.3, -0.25) is 9.89 Å². The topological polar surface area (TPSA) is 75.6 Å². The average Bonchev–Trinajstić information content (AvgIpc) is 3.23. The minimum atomic E-state index is -0.0645. The van der Waals surface area contributed by atoms with Gasteiger partial charge in [0.1, 0.15) is 5.82 Å². The second kappa shape index (κ2) is 7.44. The van der Waals surface area contributed by atoms with Gasteiger partial charge in [-0.15, -0.1) is 0 Å². The summed E-state index contributed by atoms with van der Waals surface area (Å²) in [6.45, 7) is 3.50. The highest BCUT2D eigenvalue weighted by molar-refractivity contribution is 5.95. The number of amides is 1. The molecule has 0 spiro atoms. The quantitative estimate of drug-likeness (QED) is 0.860. The number of nitrogens with zero attached hydrogens (tertiary/aromatic N) is 3. The van der Waals surface area contributed by atoms with E-state index >= 15 is 0 Å². The SMILES string of the molecule is CCCn1ccnc1CNC(=O)c1cn[nH]c1C1CCCCC1. The minimum Gasteiger partial charge on any atom is -0.345 e. The lowest BCUT2D eigenvalue weighted by Crippen LogP contribution is -2.26. The summed E-state index contributed by atoms with van der Waals surface area (Å²) in [4.78, 5) is 16.9. The van der Waals surface area contributed by atoms with Gasteiger partial charge in [-0.05, 0) is 19.3 Å². The van der Waals surface area contributed by atoms with Crippen molar-refractivity contribution >= 4 is 5.91 Å². The van der Waals surface area contributed by atoms with Crippen LogP contribution in [0.3, 0.4) is 0 Å². The first-order valence-electron chi connectivity index (χ1n) is 8.61. The number of aromatic nitrogens is 4. The molecule has 0 atom stereocenters. The van der Waals surface area contributed by atoms with Crippen molar-refractivity contribution in [1.82, 2.24) is 25.1 Å². The third-order valence-electron chi connectivity index (χ3n) is 4.60. The van der Waals surface area contributed by atoms with Crippen molar-refractivity contribution in [3.8, 4) is 0 Å². The van der Waals surface area contributed by atoms with Crippen LogP contribution in [0.15, 0.2) is 18.6 Å². The van der Waals surface area contributed by atoms with Gasteiger partial charge in [0.15, 0.2) is 0 Å². The molecule has 2 aromatic rings. The molecule has 0 unspecified atom stereocenters. The molecule has 2 N–H and O–H groups in total. The van der Waals surface area contributed by atoms with Crippen LogP contribution in [-0.2, 0) is 13.1 Å². The molecule has 2 heterocycles. The fraction of sp³-hybridized carbons (Fsp3) is 0.588. The molecule has 23 heavy (non-hydrogen) atoms. The number of rotatable bonds is 6. The standard InChI is InChI=1S/C17H25N5O/c1-2-9-22-10-8-18-15(22)12-19-17(23)14-11-20-21-16(14)13-6-4-3-5-7-13/h8,10-11,13H,2-7,9,12H2,1H3,(H,19,23)(H,20,21). The van der Waals surface area contributed by atoms with E-state index < -0.39 is 0 Å². The van der Waals surface area contributed by atoms with Crippen molar-refractivity contribution in [2.75, 3.05) is 0 Å². The summed E-state index contributed by atoms with van der Waals surface area (Å²) in [5.74, 6) is 1.27. The largest absolute Gasteiger partial charge is 0.345 e. The van der Waals surface area contributed by atoms with Crippen molar-refractivity contribution in [2.24, 2.45) is 0 Å². The zero-order valence-electron chi connectivity index (χ0n) is 13.7. The highest BCUT2D eigenvalue weighted by Crippen LogP contribution is 2.33. The molecule has 1 aliphatic carbocycles. The lowest BCUT2D eigenvalue weighted by molar-refractivity contribution is 0.0947. The monoisotopic (exact) mass is 315 g/mol. The number of imidazole rings is 1. The fourth-order valence-electron chi connectivity index (χ4n) is 3.39. The molecule has 6 heteroatoms. The molecule has 3 rings (SSSR count). The second-order valence-electron chi connectivity index (χ2n) is 6.25. The summed E-state index contributed by atoms with van der Waals surface area (Å²) >= 11 is 0. The number of carbonyl (C=O) groups is 1. The van der Waals surface area contributed by atoms with E-state index in [1.165, 1.54) is 19.3 Å². The number of carbonyl (C=O) groups excluding carboxylic acids is 1. The summed E-state index contributed by atoms with van der Waals surface area (Å²) in [5.41, 5.74) is 1.68. The van der Waals surface area contributed by atoms with Gasteiger partial charge in [-0.2, -0.15) is 5.10 Å². The summed E-state index contributed by atoms with van der Waals surface area (Å²) < 4.78 is 2.08. The number of aromatic amines is 1. The van der Waals surface area contributed by atoms with Gasteiger partial charge in [0, 0.05) is 24.9 Å². The van der Waals surface area contributed by atoms with E-state index in [-0.39, 0.29) is 5.91 Å². The van der Waals surface area contributed by atoms with Crippen molar-refractivity contribution < 1.29 is 4.79 Å². The normalized spacial score (nSPS) is 15.7. The van der Waals surface area contributed by atoms with E-state index in [0.717, 1.165) is 37.3 Å². The van der Waals surface area contributed by atoms with Crippen LogP contribution in [0.4, 0.5) is 0 Å². The third-order valence-corrected chi connectivity index (χ3v) is 4.60. The molecule has 1 aliphatic rings. The highest BCUT2D eigenvalue weighted by Gasteiger charge is 2.23. The number of hydrogen-bond acceptors (Lipinski definition) is 3. The third kappa shape index (κ3) is 3.63. The summed E-state index contributed by atoms with van der Waals surface area (Å²) in [7, 11) is 0. The molecule has 1 amide bonds. The van der Waals surface area contributed by atoms with Crippen LogP contribution in [0, 0.1) is 0 Å². The second-order valence-corrected chi connectivity index (χ2v) is 6.25. The molecule has 1 saturated carbocycles. The maximum atomic E-state index is 12.5. The van der Waals surface area contributed by atoms with E-state index in [4.69, 9.17) is 0 Å². The Morgan fingerprint density at radius 2 is 2.22 bits per heavy atom. The lowest BCUT2D eigenvalue weighted by Gasteiger charge is -2.21. The molecule has 0 saturated heterocycles. The molecular weight excluding hydrogens is 290 g/mol. The zero-order valence-corrected chi connectivity index (χ0v) is 13.7. The maximum Gasteiger partial charge on any atom is 0.255 e. The summed E-state index contributed by atoms with van der Waals surface area (Å²) in [5, 5.41) is 10.1. The van der Waals surface area contributed by atoms with Gasteiger partial charge in [-0.1, -0.05) is 26.2 Å². The van der Waals surface area contributed by atoms with Crippen molar-refractivity contribution in [2.45, 2.75) is 64.5 Å². The van der Waals surface area contributed by atoms with Crippen LogP contribution >= 0.6 is 0 Å². The number of nitrogens with one attached hydrogen (secondary N) is 2. The smallest absolute Gasteiger partial charge is 0.255 e. The van der Waals surface area contributed by atoms with E-state index in [0.29, 0.717) is 18.0 Å². The van der Waals surface area contributed by atoms with Crippen LogP contribution in [0.25, 0.3) is 0 Å². The van der Waals surface area contributed by atoms with Gasteiger partial charge in [0.25, 0.3) is 5.91 Å². The van der Waals surface area contributed by atoms with Crippen LogP contribution in [0.1, 0.15) is 73.2 Å². The van der Waals surface area contributed by atoms with Crippen molar-refractivity contribution in [1.29, 1.82) is 0 Å². The Labute approximate surface area is 136 Å². The minimum absolute atomic E-state index is 0.0645. The Morgan fingerprint density at radius 1 is 1.39 bits per heavy atom. The highest BCUT2D eigenvalue weighted by atomic mass is 16.1. The number of hydrogen-bond donors (Lipinski definition) is 2. The number of aryl methyl sites for hydroxylation is 1. The Kier molecular flexibility index (Phi) is 5.10. The van der Waals surface area contributed by atoms with Crippen LogP contribution in [-0.4, -0.2) is 25.7 Å². The first-order chi connectivity index (χ1) is 11.3. The van der Waals surface area contributed by atoms with Gasteiger partial charge in [-0.25, -0.2) is 4.98 Å². The molecule has 0 bridgehead atoms. The van der Waals surface area contributed by atoms with Gasteiger partial charge in [0.05, 0.1) is 24.0 Å². The Balaban J connectivity index is 1.64. The molecule has 124 valence electrons. The molecular formula is C17H25N5O. The first kappa shape index (κ1) is 15.8. The summed E-state index contributed by atoms with van der Waals surface area (Å²) in [6.07, 6.45) is 12.5. The average molecular weight is 315 g/mol. The fourth-order valence-corrected chi connectivity index (χ4v) is 3.39. The molecule has 0 radical (unpaired) electrons. The predicted octanol–water partition coefficient (Wildman–Crippen LogP) is 2.99. The van der Waals surface area contributed by atoms with Gasteiger partial charge >= 0.3 is 0 Å². The summed E-state index contributed by atoms with van der Waals surface area (Å²) in [6, 6.07) is 0. The van der Waals surface area contributed by atoms with Gasteiger partial charge < -0.3 is 9.88 Å². The number of H-pyrrole nitrogens is 1. The van der Waals surface area contributed by atoms with Crippen molar-refractivity contribution in [3.63, 3.8) is 0 Å². The van der Waals surface area contributed by atoms with Crippen molar-refractivity contribution in [3.05, 3.63) is 35.7 Å². The molecule has 1 fully saturated rings. The van der Waals surface area contributed by atoms with Gasteiger partial charge in [0.2, 0.25) is 0 Å². The van der Waals surface area contributed by atoms with Crippen LogP contribution in [0.2, 0.25) is 0 Å². The molecule has 6 nitrogen and oxygen atoms in total. The van der Waals surface area contributed by atoms with E-state index in [2.05, 4.69) is 32.0 Å². The predicted molar refractivity (Wildman–Crippen MR) is 88.1 cm³/mol. The molecule has 0 aromatic carbocycles. The van der Waals surface area contributed by atoms with E-state index in [9.17, 15) is 4.79 Å². The van der Waals surface area contributed by atoms with E-state index in [1.54, 1.807) is 12.4 Å². The Morgan fingerprint density at radius 3 is 3.00 bits per heavy atom. The first-order valence-corrected chi connectivity index (χ1v) is 8.61. The van der Waals surface area contributed by atoms with Crippen LogP contribution in [0.5, 0.6) is 0 Å².